The number of carbonyl (C=O) groups excluding carboxylic acids is 1. The van der Waals surface area contributed by atoms with Crippen molar-refractivity contribution < 1.29 is 14.1 Å². The van der Waals surface area contributed by atoms with Crippen LogP contribution in [0.5, 0.6) is 0 Å². The Balaban J connectivity index is 2.15. The van der Waals surface area contributed by atoms with Crippen LogP contribution in [0.2, 0.25) is 5.02 Å². The maximum Gasteiger partial charge on any atom is 0.288 e. The highest BCUT2D eigenvalue weighted by atomic mass is 35.5. The number of amides is 1. The second-order valence-electron chi connectivity index (χ2n) is 4.25. The predicted octanol–water partition coefficient (Wildman–Crippen LogP) is 2.87. The van der Waals surface area contributed by atoms with Crippen molar-refractivity contribution in [2.24, 2.45) is 5.10 Å². The molecule has 116 valence electrons. The molecule has 0 aliphatic carbocycles. The number of hydrogen-bond acceptors (Lipinski definition) is 6. The van der Waals surface area contributed by atoms with E-state index < -0.39 is 10.8 Å². The van der Waals surface area contributed by atoms with Gasteiger partial charge in [0.05, 0.1) is 17.2 Å². The number of nitro benzene ring substituents is 1. The lowest BCUT2D eigenvalue weighted by Crippen LogP contribution is -2.15. The molecule has 0 saturated carbocycles. The van der Waals surface area contributed by atoms with E-state index in [1.807, 2.05) is 0 Å². The van der Waals surface area contributed by atoms with Gasteiger partial charge in [-0.05, 0) is 24.3 Å². The molecule has 1 N–H and O–H groups in total. The van der Waals surface area contributed by atoms with E-state index in [0.29, 0.717) is 17.1 Å². The van der Waals surface area contributed by atoms with Gasteiger partial charge in [0.1, 0.15) is 23.0 Å². The Morgan fingerprint density at radius 3 is 2.96 bits per heavy atom. The Morgan fingerprint density at radius 1 is 1.48 bits per heavy atom. The molecule has 0 bridgehead atoms. The SMILES string of the molecule is N#CCC(=O)NN=Cc1ccc(-c2ccc(Cl)c([N+](=O)[O-])c2)o1. The highest BCUT2D eigenvalue weighted by molar-refractivity contribution is 6.32. The van der Waals surface area contributed by atoms with Crippen molar-refractivity contribution >= 4 is 29.4 Å². The van der Waals surface area contributed by atoms with Crippen LogP contribution >= 0.6 is 11.6 Å². The molecule has 0 unspecified atom stereocenters. The number of nitro groups is 1. The highest BCUT2D eigenvalue weighted by Gasteiger charge is 2.15. The van der Waals surface area contributed by atoms with Crippen LogP contribution in [0.15, 0.2) is 39.9 Å². The molecular formula is C14H9ClN4O4. The summed E-state index contributed by atoms with van der Waals surface area (Å²) in [6, 6.07) is 9.17. The van der Waals surface area contributed by atoms with E-state index in [9.17, 15) is 14.9 Å². The minimum absolute atomic E-state index is 0.0345. The summed E-state index contributed by atoms with van der Waals surface area (Å²) in [4.78, 5) is 21.3. The second kappa shape index (κ2) is 7.20. The average molecular weight is 333 g/mol. The molecule has 9 heteroatoms. The number of hydrazone groups is 1. The van der Waals surface area contributed by atoms with Crippen molar-refractivity contribution in [1.29, 1.82) is 5.26 Å². The quantitative estimate of drug-likeness (QED) is 0.512. The molecule has 8 nitrogen and oxygen atoms in total. The smallest absolute Gasteiger partial charge is 0.288 e. The second-order valence-corrected chi connectivity index (χ2v) is 4.66. The normalized spacial score (nSPS) is 10.4. The van der Waals surface area contributed by atoms with E-state index >= 15 is 0 Å². The third-order valence-electron chi connectivity index (χ3n) is 2.67. The van der Waals surface area contributed by atoms with Gasteiger partial charge in [0, 0.05) is 11.6 Å². The van der Waals surface area contributed by atoms with Gasteiger partial charge < -0.3 is 4.42 Å². The third-order valence-corrected chi connectivity index (χ3v) is 2.99. The van der Waals surface area contributed by atoms with Gasteiger partial charge >= 0.3 is 0 Å². The number of rotatable bonds is 5. The van der Waals surface area contributed by atoms with Crippen molar-refractivity contribution in [3.63, 3.8) is 0 Å². The van der Waals surface area contributed by atoms with E-state index in [2.05, 4.69) is 10.5 Å². The van der Waals surface area contributed by atoms with E-state index in [-0.39, 0.29) is 17.1 Å². The van der Waals surface area contributed by atoms with Gasteiger partial charge in [-0.3, -0.25) is 14.9 Å². The zero-order valence-electron chi connectivity index (χ0n) is 11.5. The fraction of sp³-hybridized carbons (Fsp3) is 0.0714. The summed E-state index contributed by atoms with van der Waals surface area (Å²) in [5, 5.41) is 22.9. The van der Waals surface area contributed by atoms with Crippen LogP contribution in [0, 0.1) is 21.4 Å². The number of nitrogens with one attached hydrogen (secondary N) is 1. The molecule has 0 spiro atoms. The molecule has 0 saturated heterocycles. The first-order valence-corrected chi connectivity index (χ1v) is 6.62. The van der Waals surface area contributed by atoms with Crippen LogP contribution in [0.1, 0.15) is 12.2 Å². The monoisotopic (exact) mass is 332 g/mol. The first-order valence-electron chi connectivity index (χ1n) is 6.24. The number of nitrogens with zero attached hydrogens (tertiary/aromatic N) is 3. The molecule has 1 aromatic heterocycles. The van der Waals surface area contributed by atoms with Gasteiger partial charge in [-0.1, -0.05) is 11.6 Å². The lowest BCUT2D eigenvalue weighted by atomic mass is 10.1. The van der Waals surface area contributed by atoms with E-state index in [4.69, 9.17) is 21.3 Å². The maximum absolute atomic E-state index is 11.0. The van der Waals surface area contributed by atoms with Gasteiger partial charge in [0.2, 0.25) is 0 Å². The highest BCUT2D eigenvalue weighted by Crippen LogP contribution is 2.30. The summed E-state index contributed by atoms with van der Waals surface area (Å²) >= 11 is 5.75. The van der Waals surface area contributed by atoms with Crippen molar-refractivity contribution in [2.45, 2.75) is 6.42 Å². The number of furan rings is 1. The van der Waals surface area contributed by atoms with Crippen LogP contribution in [-0.4, -0.2) is 17.0 Å². The number of nitriles is 1. The van der Waals surface area contributed by atoms with Gasteiger partial charge in [-0.15, -0.1) is 0 Å². The molecule has 23 heavy (non-hydrogen) atoms. The lowest BCUT2D eigenvalue weighted by Gasteiger charge is -1.99. The van der Waals surface area contributed by atoms with Gasteiger partial charge in [0.15, 0.2) is 0 Å². The topological polar surface area (TPSA) is 122 Å². The molecule has 0 radical (unpaired) electrons. The predicted molar refractivity (Wildman–Crippen MR) is 81.8 cm³/mol. The molecule has 0 aliphatic rings. The van der Waals surface area contributed by atoms with Gasteiger partial charge in [-0.2, -0.15) is 10.4 Å². The summed E-state index contributed by atoms with van der Waals surface area (Å²) in [6.45, 7) is 0. The summed E-state index contributed by atoms with van der Waals surface area (Å²) in [7, 11) is 0. The van der Waals surface area contributed by atoms with Crippen molar-refractivity contribution in [3.05, 3.63) is 51.2 Å². The molecule has 0 fully saturated rings. The Hall–Kier alpha value is -3.18. The number of carbonyl (C=O) groups is 1. The van der Waals surface area contributed by atoms with Crippen molar-refractivity contribution in [2.75, 3.05) is 0 Å². The van der Waals surface area contributed by atoms with Crippen LogP contribution in [0.25, 0.3) is 11.3 Å². The largest absolute Gasteiger partial charge is 0.455 e. The molecule has 0 atom stereocenters. The fourth-order valence-electron chi connectivity index (χ4n) is 1.66. The van der Waals surface area contributed by atoms with Crippen molar-refractivity contribution in [1.82, 2.24) is 5.43 Å². The number of hydrogen-bond donors (Lipinski definition) is 1. The van der Waals surface area contributed by atoms with Crippen LogP contribution < -0.4 is 5.43 Å². The number of benzene rings is 1. The summed E-state index contributed by atoms with van der Waals surface area (Å²) in [6.07, 6.45) is 0.957. The first kappa shape index (κ1) is 16.2. The Morgan fingerprint density at radius 2 is 2.26 bits per heavy atom. The maximum atomic E-state index is 11.0. The molecule has 1 heterocycles. The summed E-state index contributed by atoms with van der Waals surface area (Å²) in [5.74, 6) is 0.174. The zero-order chi connectivity index (χ0) is 16.8. The average Bonchev–Trinajstić information content (AvgIpc) is 2.96. The van der Waals surface area contributed by atoms with E-state index in [1.165, 1.54) is 18.3 Å². The standard InChI is InChI=1S/C14H9ClN4O4/c15-11-3-1-9(7-12(11)19(21)22)13-4-2-10(23-13)8-17-18-14(20)5-6-16/h1-4,7-8H,5H2,(H,18,20). The van der Waals surface area contributed by atoms with Crippen LogP contribution in [0.4, 0.5) is 5.69 Å². The first-order chi connectivity index (χ1) is 11.0. The summed E-state index contributed by atoms with van der Waals surface area (Å²) in [5.41, 5.74) is 2.41. The van der Waals surface area contributed by atoms with Crippen LogP contribution in [-0.2, 0) is 4.79 Å². The third kappa shape index (κ3) is 4.15. The van der Waals surface area contributed by atoms with Gasteiger partial charge in [0.25, 0.3) is 11.6 Å². The minimum Gasteiger partial charge on any atom is -0.455 e. The molecule has 2 aromatic rings. The minimum atomic E-state index is -0.581. The molecule has 1 amide bonds. The summed E-state index contributed by atoms with van der Waals surface area (Å²) < 4.78 is 5.45. The Kier molecular flexibility index (Phi) is 5.07. The number of halogens is 1. The Labute approximate surface area is 135 Å². The molecule has 0 aliphatic heterocycles. The van der Waals surface area contributed by atoms with Gasteiger partial charge in [-0.25, -0.2) is 5.43 Å². The molecule has 2 rings (SSSR count). The fourth-order valence-corrected chi connectivity index (χ4v) is 1.85. The van der Waals surface area contributed by atoms with E-state index in [1.54, 1.807) is 24.3 Å². The van der Waals surface area contributed by atoms with Crippen LogP contribution in [0.3, 0.4) is 0 Å². The Bertz CT molecular complexity index is 822. The zero-order valence-corrected chi connectivity index (χ0v) is 12.3. The molecule has 1 aromatic carbocycles. The molecular weight excluding hydrogens is 324 g/mol. The van der Waals surface area contributed by atoms with Crippen molar-refractivity contribution in [3.8, 4) is 17.4 Å². The van der Waals surface area contributed by atoms with E-state index in [0.717, 1.165) is 0 Å². The lowest BCUT2D eigenvalue weighted by molar-refractivity contribution is -0.384.